The Morgan fingerprint density at radius 2 is 2.06 bits per heavy atom. The van der Waals surface area contributed by atoms with Gasteiger partial charge in [-0.3, -0.25) is 4.79 Å². The van der Waals surface area contributed by atoms with E-state index in [1.807, 2.05) is 0 Å². The lowest BCUT2D eigenvalue weighted by molar-refractivity contribution is 0.0896. The molecule has 0 aliphatic rings. The van der Waals surface area contributed by atoms with Crippen LogP contribution in [0, 0.1) is 0 Å². The molecule has 1 aromatic rings. The average Bonchev–Trinajstić information content (AvgIpc) is 2.71. The van der Waals surface area contributed by atoms with Crippen LogP contribution in [-0.4, -0.2) is 39.2 Å². The van der Waals surface area contributed by atoms with Crippen molar-refractivity contribution in [3.8, 4) is 0 Å². The molecule has 3 atom stereocenters. The van der Waals surface area contributed by atoms with Gasteiger partial charge in [-0.05, 0) is 20.8 Å². The first-order valence-corrected chi connectivity index (χ1v) is 5.35. The first kappa shape index (κ1) is 13.6. The molecular weight excluding hydrogens is 224 g/mol. The Labute approximate surface area is 99.6 Å². The van der Waals surface area contributed by atoms with Crippen LogP contribution < -0.4 is 5.73 Å². The summed E-state index contributed by atoms with van der Waals surface area (Å²) in [6.45, 7) is 5.17. The Hall–Kier alpha value is -1.47. The smallest absolute Gasteiger partial charge is 0.271 e. The summed E-state index contributed by atoms with van der Waals surface area (Å²) in [5, 5.41) is 17.1. The van der Waals surface area contributed by atoms with E-state index in [0.29, 0.717) is 5.69 Å². The Morgan fingerprint density at radius 3 is 2.47 bits per heavy atom. The third kappa shape index (κ3) is 2.62. The minimum Gasteiger partial charge on any atom is -0.391 e. The molecule has 1 amide bonds. The molecule has 0 aliphatic carbocycles. The molecule has 0 fully saturated rings. The Bertz CT molecular complexity index is 402. The van der Waals surface area contributed by atoms with Gasteiger partial charge in [0.25, 0.3) is 5.91 Å². The third-order valence-electron chi connectivity index (χ3n) is 2.79. The van der Waals surface area contributed by atoms with E-state index in [9.17, 15) is 9.90 Å². The maximum Gasteiger partial charge on any atom is 0.271 e. The SMILES string of the molecule is COC(C)c1c(C(N)=O)nnn1C(C)C(C)O. The summed E-state index contributed by atoms with van der Waals surface area (Å²) >= 11 is 0. The molecule has 0 spiro atoms. The van der Waals surface area contributed by atoms with Gasteiger partial charge in [0.2, 0.25) is 0 Å². The Morgan fingerprint density at radius 1 is 1.47 bits per heavy atom. The van der Waals surface area contributed by atoms with E-state index >= 15 is 0 Å². The number of aliphatic hydroxyl groups is 1. The van der Waals surface area contributed by atoms with Crippen LogP contribution in [0.15, 0.2) is 0 Å². The number of carbonyl (C=O) groups excluding carboxylic acids is 1. The summed E-state index contributed by atoms with van der Waals surface area (Å²) < 4.78 is 6.64. The number of primary amides is 1. The van der Waals surface area contributed by atoms with E-state index in [4.69, 9.17) is 10.5 Å². The molecule has 7 heteroatoms. The summed E-state index contributed by atoms with van der Waals surface area (Å²) in [7, 11) is 1.51. The van der Waals surface area contributed by atoms with E-state index in [1.165, 1.54) is 11.8 Å². The van der Waals surface area contributed by atoms with Crippen LogP contribution in [-0.2, 0) is 4.74 Å². The second-order valence-corrected chi connectivity index (χ2v) is 3.99. The van der Waals surface area contributed by atoms with Crippen LogP contribution in [0.3, 0.4) is 0 Å². The molecule has 17 heavy (non-hydrogen) atoms. The van der Waals surface area contributed by atoms with E-state index in [2.05, 4.69) is 10.3 Å². The number of ether oxygens (including phenoxy) is 1. The predicted molar refractivity (Wildman–Crippen MR) is 60.4 cm³/mol. The van der Waals surface area contributed by atoms with Gasteiger partial charge >= 0.3 is 0 Å². The normalized spacial score (nSPS) is 16.5. The molecule has 1 rings (SSSR count). The van der Waals surface area contributed by atoms with Gasteiger partial charge in [0.15, 0.2) is 5.69 Å². The molecule has 0 saturated heterocycles. The van der Waals surface area contributed by atoms with Gasteiger partial charge in [-0.1, -0.05) is 5.21 Å². The van der Waals surface area contributed by atoms with Crippen LogP contribution in [0.2, 0.25) is 0 Å². The lowest BCUT2D eigenvalue weighted by atomic mass is 10.1. The zero-order valence-electron chi connectivity index (χ0n) is 10.4. The van der Waals surface area contributed by atoms with E-state index in [-0.39, 0.29) is 17.8 Å². The van der Waals surface area contributed by atoms with E-state index < -0.39 is 12.0 Å². The van der Waals surface area contributed by atoms with Crippen LogP contribution in [0.1, 0.15) is 49.1 Å². The summed E-state index contributed by atoms with van der Waals surface area (Å²) in [6.07, 6.45) is -1.01. The number of rotatable bonds is 5. The molecule has 1 heterocycles. The van der Waals surface area contributed by atoms with Crippen LogP contribution >= 0.6 is 0 Å². The first-order chi connectivity index (χ1) is 7.90. The van der Waals surface area contributed by atoms with Gasteiger partial charge in [-0.2, -0.15) is 0 Å². The van der Waals surface area contributed by atoms with Crippen molar-refractivity contribution in [1.82, 2.24) is 15.0 Å². The number of methoxy groups -OCH3 is 1. The number of hydrogen-bond acceptors (Lipinski definition) is 5. The number of hydrogen-bond donors (Lipinski definition) is 2. The molecule has 3 unspecified atom stereocenters. The highest BCUT2D eigenvalue weighted by Gasteiger charge is 2.26. The highest BCUT2D eigenvalue weighted by Crippen LogP contribution is 2.23. The quantitative estimate of drug-likeness (QED) is 0.758. The lowest BCUT2D eigenvalue weighted by Crippen LogP contribution is -2.24. The van der Waals surface area contributed by atoms with Gasteiger partial charge in [-0.25, -0.2) is 4.68 Å². The van der Waals surface area contributed by atoms with Crippen molar-refractivity contribution in [1.29, 1.82) is 0 Å². The van der Waals surface area contributed by atoms with Gasteiger partial charge in [0.1, 0.15) is 5.69 Å². The molecular formula is C10H18N4O3. The number of amides is 1. The number of aliphatic hydroxyl groups excluding tert-OH is 1. The van der Waals surface area contributed by atoms with Gasteiger partial charge < -0.3 is 15.6 Å². The van der Waals surface area contributed by atoms with E-state index in [0.717, 1.165) is 0 Å². The predicted octanol–water partition coefficient (Wildman–Crippen LogP) is 0.0262. The highest BCUT2D eigenvalue weighted by molar-refractivity contribution is 5.91. The average molecular weight is 242 g/mol. The maximum atomic E-state index is 11.2. The molecule has 96 valence electrons. The summed E-state index contributed by atoms with van der Waals surface area (Å²) in [5.74, 6) is -0.659. The zero-order chi connectivity index (χ0) is 13.2. The number of nitrogens with two attached hydrogens (primary N) is 1. The second-order valence-electron chi connectivity index (χ2n) is 3.99. The maximum absolute atomic E-state index is 11.2. The molecule has 0 aliphatic heterocycles. The standard InChI is InChI=1S/C10H18N4O3/c1-5(6(2)15)14-9(7(3)17-4)8(10(11)16)12-13-14/h5-7,15H,1-4H3,(H2,11,16). The molecule has 0 aromatic carbocycles. The molecule has 1 aromatic heterocycles. The fourth-order valence-corrected chi connectivity index (χ4v) is 1.47. The third-order valence-corrected chi connectivity index (χ3v) is 2.79. The topological polar surface area (TPSA) is 103 Å². The second kappa shape index (κ2) is 5.24. The Balaban J connectivity index is 3.27. The molecule has 3 N–H and O–H groups in total. The fraction of sp³-hybridized carbons (Fsp3) is 0.700. The first-order valence-electron chi connectivity index (χ1n) is 5.35. The van der Waals surface area contributed by atoms with Crippen molar-refractivity contribution in [2.24, 2.45) is 5.73 Å². The van der Waals surface area contributed by atoms with Crippen LogP contribution in [0.4, 0.5) is 0 Å². The van der Waals surface area contributed by atoms with Crippen LogP contribution in [0.25, 0.3) is 0 Å². The summed E-state index contributed by atoms with van der Waals surface area (Å²) in [5.41, 5.74) is 5.78. The van der Waals surface area contributed by atoms with Gasteiger partial charge in [0.05, 0.1) is 18.2 Å². The molecule has 7 nitrogen and oxygen atoms in total. The minimum absolute atomic E-state index is 0.0758. The molecule has 0 radical (unpaired) electrons. The van der Waals surface area contributed by atoms with Crippen molar-refractivity contribution in [2.45, 2.75) is 39.0 Å². The van der Waals surface area contributed by atoms with Crippen molar-refractivity contribution >= 4 is 5.91 Å². The largest absolute Gasteiger partial charge is 0.391 e. The van der Waals surface area contributed by atoms with Crippen molar-refractivity contribution < 1.29 is 14.6 Å². The lowest BCUT2D eigenvalue weighted by Gasteiger charge is -2.20. The summed E-state index contributed by atoms with van der Waals surface area (Å²) in [4.78, 5) is 11.2. The van der Waals surface area contributed by atoms with Crippen molar-refractivity contribution in [3.05, 3.63) is 11.4 Å². The van der Waals surface area contributed by atoms with Crippen molar-refractivity contribution in [3.63, 3.8) is 0 Å². The van der Waals surface area contributed by atoms with E-state index in [1.54, 1.807) is 20.8 Å². The van der Waals surface area contributed by atoms with Gasteiger partial charge in [0, 0.05) is 7.11 Å². The molecule has 0 bridgehead atoms. The number of carbonyl (C=O) groups is 1. The zero-order valence-corrected chi connectivity index (χ0v) is 10.4. The van der Waals surface area contributed by atoms with Gasteiger partial charge in [-0.15, -0.1) is 5.10 Å². The monoisotopic (exact) mass is 242 g/mol. The fourth-order valence-electron chi connectivity index (χ4n) is 1.47. The highest BCUT2D eigenvalue weighted by atomic mass is 16.5. The molecule has 0 saturated carbocycles. The summed E-state index contributed by atoms with van der Waals surface area (Å²) in [6, 6.07) is -0.316. The number of aromatic nitrogens is 3. The minimum atomic E-state index is -0.659. The van der Waals surface area contributed by atoms with Crippen LogP contribution in [0.5, 0.6) is 0 Å². The number of nitrogens with zero attached hydrogens (tertiary/aromatic N) is 3. The van der Waals surface area contributed by atoms with Crippen molar-refractivity contribution in [2.75, 3.05) is 7.11 Å². The Kier molecular flexibility index (Phi) is 4.19.